The third-order valence-electron chi connectivity index (χ3n) is 2.99. The molecule has 20 heavy (non-hydrogen) atoms. The highest BCUT2D eigenvalue weighted by atomic mass is 16.5. The molecule has 0 fully saturated rings. The molecule has 2 heterocycles. The predicted octanol–water partition coefficient (Wildman–Crippen LogP) is 3.99. The van der Waals surface area contributed by atoms with E-state index in [1.807, 2.05) is 31.2 Å². The van der Waals surface area contributed by atoms with Crippen LogP contribution in [0.15, 0.2) is 41.1 Å². The molecule has 3 aromatic rings. The van der Waals surface area contributed by atoms with Crippen molar-refractivity contribution < 1.29 is 9.15 Å². The fourth-order valence-corrected chi connectivity index (χ4v) is 2.05. The van der Waals surface area contributed by atoms with Gasteiger partial charge in [0.25, 0.3) is 0 Å². The van der Waals surface area contributed by atoms with E-state index in [4.69, 9.17) is 9.15 Å². The molecule has 0 saturated heterocycles. The van der Waals surface area contributed by atoms with Crippen molar-refractivity contribution in [3.8, 4) is 17.2 Å². The second-order valence-corrected chi connectivity index (χ2v) is 4.72. The Morgan fingerprint density at radius 1 is 1.25 bits per heavy atom. The first-order valence-corrected chi connectivity index (χ1v) is 6.72. The molecule has 0 atom stereocenters. The maximum Gasteiger partial charge on any atom is 0.227 e. The van der Waals surface area contributed by atoms with E-state index in [9.17, 15) is 0 Å². The molecule has 0 aliphatic heterocycles. The molecule has 0 amide bonds. The van der Waals surface area contributed by atoms with Crippen LogP contribution in [0.5, 0.6) is 5.75 Å². The van der Waals surface area contributed by atoms with Gasteiger partial charge >= 0.3 is 0 Å². The normalized spacial score (nSPS) is 10.9. The summed E-state index contributed by atoms with van der Waals surface area (Å²) in [5.74, 6) is 1.24. The lowest BCUT2D eigenvalue weighted by Crippen LogP contribution is -1.95. The summed E-state index contributed by atoms with van der Waals surface area (Å²) in [5.41, 5.74) is 3.51. The minimum absolute atomic E-state index is 0.595. The number of aryl methyl sites for hydroxylation is 1. The van der Waals surface area contributed by atoms with Crippen molar-refractivity contribution in [1.82, 2.24) is 9.97 Å². The van der Waals surface area contributed by atoms with Gasteiger partial charge in [-0.3, -0.25) is 4.98 Å². The van der Waals surface area contributed by atoms with E-state index < -0.39 is 0 Å². The van der Waals surface area contributed by atoms with Crippen LogP contribution in [0, 0.1) is 6.92 Å². The Balaban J connectivity index is 2.06. The summed E-state index contributed by atoms with van der Waals surface area (Å²) in [6, 6.07) is 8.07. The molecular weight excluding hydrogens is 252 g/mol. The Morgan fingerprint density at radius 2 is 2.15 bits per heavy atom. The van der Waals surface area contributed by atoms with Crippen LogP contribution < -0.4 is 4.74 Å². The molecule has 102 valence electrons. The predicted molar refractivity (Wildman–Crippen MR) is 77.8 cm³/mol. The Labute approximate surface area is 117 Å². The van der Waals surface area contributed by atoms with Crippen molar-refractivity contribution in [2.75, 3.05) is 6.61 Å². The van der Waals surface area contributed by atoms with Gasteiger partial charge < -0.3 is 9.15 Å². The molecule has 1 aromatic carbocycles. The van der Waals surface area contributed by atoms with Gasteiger partial charge in [0.2, 0.25) is 5.89 Å². The second-order valence-electron chi connectivity index (χ2n) is 4.72. The minimum atomic E-state index is 0.595. The summed E-state index contributed by atoms with van der Waals surface area (Å²) in [4.78, 5) is 8.63. The van der Waals surface area contributed by atoms with Crippen LogP contribution in [-0.2, 0) is 0 Å². The van der Waals surface area contributed by atoms with Crippen molar-refractivity contribution in [1.29, 1.82) is 0 Å². The summed E-state index contributed by atoms with van der Waals surface area (Å²) < 4.78 is 11.5. The van der Waals surface area contributed by atoms with Gasteiger partial charge in [0.05, 0.1) is 19.0 Å². The molecule has 0 aliphatic rings. The van der Waals surface area contributed by atoms with E-state index in [1.165, 1.54) is 5.56 Å². The molecule has 0 radical (unpaired) electrons. The lowest BCUT2D eigenvalue weighted by Gasteiger charge is -2.02. The SMILES string of the molecule is CCCOc1cncc2nc(-c3cccc(C)c3)oc12. The van der Waals surface area contributed by atoms with Crippen molar-refractivity contribution in [3.05, 3.63) is 42.2 Å². The fourth-order valence-electron chi connectivity index (χ4n) is 2.05. The number of pyridine rings is 1. The molecule has 4 nitrogen and oxygen atoms in total. The zero-order chi connectivity index (χ0) is 13.9. The van der Waals surface area contributed by atoms with Crippen LogP contribution in [0.25, 0.3) is 22.6 Å². The highest BCUT2D eigenvalue weighted by Crippen LogP contribution is 2.30. The summed E-state index contributed by atoms with van der Waals surface area (Å²) >= 11 is 0. The van der Waals surface area contributed by atoms with Crippen LogP contribution in [-0.4, -0.2) is 16.6 Å². The average molecular weight is 268 g/mol. The van der Waals surface area contributed by atoms with Gasteiger partial charge in [-0.25, -0.2) is 4.98 Å². The number of ether oxygens (including phenoxy) is 1. The average Bonchev–Trinajstić information content (AvgIpc) is 2.89. The van der Waals surface area contributed by atoms with Gasteiger partial charge in [0.15, 0.2) is 11.3 Å². The number of hydrogen-bond acceptors (Lipinski definition) is 4. The molecule has 0 bridgehead atoms. The van der Waals surface area contributed by atoms with Gasteiger partial charge in [-0.1, -0.05) is 24.6 Å². The number of oxazole rings is 1. The van der Waals surface area contributed by atoms with E-state index in [0.717, 1.165) is 17.5 Å². The third kappa shape index (κ3) is 2.37. The summed E-state index contributed by atoms with van der Waals surface area (Å²) in [5, 5.41) is 0. The smallest absolute Gasteiger partial charge is 0.227 e. The van der Waals surface area contributed by atoms with Crippen LogP contribution in [0.2, 0.25) is 0 Å². The molecule has 4 heteroatoms. The van der Waals surface area contributed by atoms with Gasteiger partial charge in [-0.2, -0.15) is 0 Å². The first-order chi connectivity index (χ1) is 9.78. The lowest BCUT2D eigenvalue weighted by molar-refractivity contribution is 0.315. The largest absolute Gasteiger partial charge is 0.488 e. The second kappa shape index (κ2) is 5.33. The number of rotatable bonds is 4. The van der Waals surface area contributed by atoms with Crippen molar-refractivity contribution >= 4 is 11.1 Å². The number of benzene rings is 1. The summed E-state index contributed by atoms with van der Waals surface area (Å²) in [7, 11) is 0. The number of nitrogens with zero attached hydrogens (tertiary/aromatic N) is 2. The molecular formula is C16H16N2O2. The van der Waals surface area contributed by atoms with Crippen molar-refractivity contribution in [2.24, 2.45) is 0 Å². The summed E-state index contributed by atoms with van der Waals surface area (Å²) in [6.07, 6.45) is 4.30. The fraction of sp³-hybridized carbons (Fsp3) is 0.250. The van der Waals surface area contributed by atoms with E-state index in [-0.39, 0.29) is 0 Å². The van der Waals surface area contributed by atoms with Gasteiger partial charge in [0, 0.05) is 5.56 Å². The molecule has 2 aromatic heterocycles. The van der Waals surface area contributed by atoms with Gasteiger partial charge in [0.1, 0.15) is 5.52 Å². The molecule has 0 saturated carbocycles. The lowest BCUT2D eigenvalue weighted by atomic mass is 10.1. The Morgan fingerprint density at radius 3 is 2.95 bits per heavy atom. The number of aromatic nitrogens is 2. The van der Waals surface area contributed by atoms with Crippen LogP contribution in [0.3, 0.4) is 0 Å². The zero-order valence-electron chi connectivity index (χ0n) is 11.6. The van der Waals surface area contributed by atoms with Crippen molar-refractivity contribution in [2.45, 2.75) is 20.3 Å². The van der Waals surface area contributed by atoms with E-state index in [2.05, 4.69) is 16.9 Å². The van der Waals surface area contributed by atoms with Crippen LogP contribution in [0.1, 0.15) is 18.9 Å². The Kier molecular flexibility index (Phi) is 3.37. The number of fused-ring (bicyclic) bond motifs is 1. The maximum atomic E-state index is 5.86. The van der Waals surface area contributed by atoms with Gasteiger partial charge in [-0.15, -0.1) is 0 Å². The quantitative estimate of drug-likeness (QED) is 0.718. The first kappa shape index (κ1) is 12.7. The van der Waals surface area contributed by atoms with Gasteiger partial charge in [-0.05, 0) is 25.5 Å². The van der Waals surface area contributed by atoms with E-state index in [0.29, 0.717) is 23.8 Å². The van der Waals surface area contributed by atoms with Crippen molar-refractivity contribution in [3.63, 3.8) is 0 Å². The summed E-state index contributed by atoms with van der Waals surface area (Å²) in [6.45, 7) is 4.75. The molecule has 0 spiro atoms. The highest BCUT2D eigenvalue weighted by molar-refractivity contribution is 5.80. The maximum absolute atomic E-state index is 5.86. The monoisotopic (exact) mass is 268 g/mol. The topological polar surface area (TPSA) is 48.2 Å². The Hall–Kier alpha value is -2.36. The van der Waals surface area contributed by atoms with E-state index in [1.54, 1.807) is 12.4 Å². The third-order valence-corrected chi connectivity index (χ3v) is 2.99. The zero-order valence-corrected chi connectivity index (χ0v) is 11.6. The molecule has 0 N–H and O–H groups in total. The first-order valence-electron chi connectivity index (χ1n) is 6.72. The van der Waals surface area contributed by atoms with E-state index >= 15 is 0 Å². The minimum Gasteiger partial charge on any atom is -0.488 e. The molecule has 0 unspecified atom stereocenters. The highest BCUT2D eigenvalue weighted by Gasteiger charge is 2.13. The van der Waals surface area contributed by atoms with Crippen LogP contribution >= 0.6 is 0 Å². The Bertz CT molecular complexity index is 734. The number of hydrogen-bond donors (Lipinski definition) is 0. The van der Waals surface area contributed by atoms with Crippen LogP contribution in [0.4, 0.5) is 0 Å². The standard InChI is InChI=1S/C16H16N2O2/c1-3-7-19-14-10-17-9-13-15(14)20-16(18-13)12-6-4-5-11(2)8-12/h4-6,8-10H,3,7H2,1-2H3. The molecule has 3 rings (SSSR count). The molecule has 0 aliphatic carbocycles.